The summed E-state index contributed by atoms with van der Waals surface area (Å²) in [6, 6.07) is 0.194. The lowest BCUT2D eigenvalue weighted by molar-refractivity contribution is 0.0923. The van der Waals surface area contributed by atoms with Gasteiger partial charge in [0.1, 0.15) is 5.69 Å². The van der Waals surface area contributed by atoms with Crippen LogP contribution in [0.25, 0.3) is 0 Å². The molecule has 0 saturated heterocycles. The molecule has 1 aromatic rings. The van der Waals surface area contributed by atoms with Crippen molar-refractivity contribution in [3.63, 3.8) is 0 Å². The molecular weight excluding hydrogens is 204 g/mol. The second kappa shape index (κ2) is 5.03. The van der Waals surface area contributed by atoms with Crippen LogP contribution < -0.4 is 11.1 Å². The molecule has 1 aliphatic carbocycles. The van der Waals surface area contributed by atoms with E-state index in [1.54, 1.807) is 6.20 Å². The predicted octanol–water partition coefficient (Wildman–Crippen LogP) is 0.334. The van der Waals surface area contributed by atoms with Gasteiger partial charge in [0.2, 0.25) is 0 Å². The molecule has 1 amide bonds. The number of carbonyl (C=O) groups excluding carboxylic acids is 1. The minimum atomic E-state index is -0.154. The van der Waals surface area contributed by atoms with Crippen molar-refractivity contribution in [3.05, 3.63) is 24.3 Å². The Labute approximate surface area is 94.5 Å². The van der Waals surface area contributed by atoms with Crippen molar-refractivity contribution in [1.29, 1.82) is 0 Å². The Morgan fingerprint density at radius 1 is 1.50 bits per heavy atom. The summed E-state index contributed by atoms with van der Waals surface area (Å²) in [5.74, 6) is 0.249. The molecule has 2 rings (SSSR count). The van der Waals surface area contributed by atoms with E-state index in [0.717, 1.165) is 19.3 Å². The lowest BCUT2D eigenvalue weighted by Gasteiger charge is -2.18. The number of hydrogen-bond acceptors (Lipinski definition) is 4. The molecule has 2 atom stereocenters. The van der Waals surface area contributed by atoms with Crippen molar-refractivity contribution in [2.24, 2.45) is 11.7 Å². The summed E-state index contributed by atoms with van der Waals surface area (Å²) in [5, 5.41) is 2.97. The molecule has 2 unspecified atom stereocenters. The van der Waals surface area contributed by atoms with Gasteiger partial charge in [0.15, 0.2) is 0 Å². The molecule has 0 bridgehead atoms. The van der Waals surface area contributed by atoms with Crippen molar-refractivity contribution < 1.29 is 4.79 Å². The first-order valence-corrected chi connectivity index (χ1v) is 5.58. The average molecular weight is 220 g/mol. The molecule has 16 heavy (non-hydrogen) atoms. The van der Waals surface area contributed by atoms with Crippen LogP contribution in [0.3, 0.4) is 0 Å². The van der Waals surface area contributed by atoms with Crippen LogP contribution in [0.4, 0.5) is 0 Å². The summed E-state index contributed by atoms with van der Waals surface area (Å²) in [6.07, 6.45) is 7.78. The quantitative estimate of drug-likeness (QED) is 0.769. The number of carbonyl (C=O) groups is 1. The first-order chi connectivity index (χ1) is 7.81. The van der Waals surface area contributed by atoms with E-state index < -0.39 is 0 Å². The average Bonchev–Trinajstić information content (AvgIpc) is 2.77. The van der Waals surface area contributed by atoms with Crippen LogP contribution in [-0.2, 0) is 0 Å². The van der Waals surface area contributed by atoms with Gasteiger partial charge in [0, 0.05) is 18.4 Å². The second-order valence-corrected chi connectivity index (χ2v) is 4.10. The van der Waals surface area contributed by atoms with Gasteiger partial charge in [-0.15, -0.1) is 0 Å². The van der Waals surface area contributed by atoms with E-state index in [-0.39, 0.29) is 11.9 Å². The molecule has 86 valence electrons. The fraction of sp³-hybridized carbons (Fsp3) is 0.545. The van der Waals surface area contributed by atoms with E-state index in [1.165, 1.54) is 12.4 Å². The van der Waals surface area contributed by atoms with E-state index >= 15 is 0 Å². The number of nitrogens with zero attached hydrogens (tertiary/aromatic N) is 2. The van der Waals surface area contributed by atoms with Gasteiger partial charge < -0.3 is 11.1 Å². The zero-order chi connectivity index (χ0) is 11.4. The van der Waals surface area contributed by atoms with Crippen molar-refractivity contribution in [2.45, 2.75) is 25.3 Å². The smallest absolute Gasteiger partial charge is 0.271 e. The summed E-state index contributed by atoms with van der Waals surface area (Å²) in [5.41, 5.74) is 6.03. The lowest BCUT2D eigenvalue weighted by Crippen LogP contribution is -2.40. The second-order valence-electron chi connectivity index (χ2n) is 4.10. The molecule has 1 aliphatic rings. The van der Waals surface area contributed by atoms with E-state index in [9.17, 15) is 4.79 Å². The topological polar surface area (TPSA) is 80.9 Å². The SMILES string of the molecule is NCC1CCCC1NC(=O)c1cnccn1. The predicted molar refractivity (Wildman–Crippen MR) is 59.7 cm³/mol. The zero-order valence-corrected chi connectivity index (χ0v) is 9.10. The standard InChI is InChI=1S/C11H16N4O/c12-6-8-2-1-3-9(8)15-11(16)10-7-13-4-5-14-10/h4-5,7-9H,1-3,6,12H2,(H,15,16). The summed E-state index contributed by atoms with van der Waals surface area (Å²) in [7, 11) is 0. The maximum absolute atomic E-state index is 11.8. The fourth-order valence-corrected chi connectivity index (χ4v) is 2.17. The minimum Gasteiger partial charge on any atom is -0.348 e. The Bertz CT molecular complexity index is 354. The molecule has 5 heteroatoms. The van der Waals surface area contributed by atoms with Gasteiger partial charge in [-0.1, -0.05) is 6.42 Å². The summed E-state index contributed by atoms with van der Waals surface area (Å²) in [6.45, 7) is 0.630. The molecule has 3 N–H and O–H groups in total. The van der Waals surface area contributed by atoms with Crippen molar-refractivity contribution >= 4 is 5.91 Å². The monoisotopic (exact) mass is 220 g/mol. The number of hydrogen-bond donors (Lipinski definition) is 2. The number of rotatable bonds is 3. The highest BCUT2D eigenvalue weighted by Crippen LogP contribution is 2.24. The van der Waals surface area contributed by atoms with Crippen LogP contribution in [0.1, 0.15) is 29.8 Å². The Hall–Kier alpha value is -1.49. The molecule has 0 radical (unpaired) electrons. The van der Waals surface area contributed by atoms with Crippen LogP contribution in [0.15, 0.2) is 18.6 Å². The van der Waals surface area contributed by atoms with Crippen LogP contribution in [-0.4, -0.2) is 28.5 Å². The Kier molecular flexibility index (Phi) is 3.46. The number of nitrogens with two attached hydrogens (primary N) is 1. The van der Waals surface area contributed by atoms with Crippen LogP contribution >= 0.6 is 0 Å². The summed E-state index contributed by atoms with van der Waals surface area (Å²) >= 11 is 0. The largest absolute Gasteiger partial charge is 0.348 e. The Balaban J connectivity index is 1.97. The fourth-order valence-electron chi connectivity index (χ4n) is 2.17. The maximum Gasteiger partial charge on any atom is 0.271 e. The van der Waals surface area contributed by atoms with E-state index in [2.05, 4.69) is 15.3 Å². The number of nitrogens with one attached hydrogen (secondary N) is 1. The van der Waals surface area contributed by atoms with Gasteiger partial charge in [-0.25, -0.2) is 4.98 Å². The zero-order valence-electron chi connectivity index (χ0n) is 9.10. The number of aromatic nitrogens is 2. The van der Waals surface area contributed by atoms with Crippen LogP contribution in [0.5, 0.6) is 0 Å². The van der Waals surface area contributed by atoms with E-state index in [1.807, 2.05) is 0 Å². The third kappa shape index (κ3) is 2.36. The highest BCUT2D eigenvalue weighted by molar-refractivity contribution is 5.92. The molecule has 1 heterocycles. The first-order valence-electron chi connectivity index (χ1n) is 5.58. The van der Waals surface area contributed by atoms with E-state index in [0.29, 0.717) is 18.2 Å². The van der Waals surface area contributed by atoms with Crippen LogP contribution in [0, 0.1) is 5.92 Å². The van der Waals surface area contributed by atoms with Gasteiger partial charge in [0.05, 0.1) is 6.20 Å². The number of amides is 1. The van der Waals surface area contributed by atoms with Gasteiger partial charge in [0.25, 0.3) is 5.91 Å². The third-order valence-corrected chi connectivity index (χ3v) is 3.07. The van der Waals surface area contributed by atoms with Crippen molar-refractivity contribution in [3.8, 4) is 0 Å². The maximum atomic E-state index is 11.8. The molecular formula is C11H16N4O. The van der Waals surface area contributed by atoms with Crippen molar-refractivity contribution in [1.82, 2.24) is 15.3 Å². The summed E-state index contributed by atoms with van der Waals surface area (Å²) < 4.78 is 0. The minimum absolute atomic E-state index is 0.154. The first kappa shape index (κ1) is 11.0. The molecule has 1 fully saturated rings. The molecule has 5 nitrogen and oxygen atoms in total. The third-order valence-electron chi connectivity index (χ3n) is 3.07. The van der Waals surface area contributed by atoms with Gasteiger partial charge >= 0.3 is 0 Å². The molecule has 0 spiro atoms. The Morgan fingerprint density at radius 3 is 3.06 bits per heavy atom. The van der Waals surface area contributed by atoms with Gasteiger partial charge in [-0.2, -0.15) is 0 Å². The highest BCUT2D eigenvalue weighted by atomic mass is 16.1. The van der Waals surface area contributed by atoms with Crippen molar-refractivity contribution in [2.75, 3.05) is 6.54 Å². The van der Waals surface area contributed by atoms with Crippen LogP contribution in [0.2, 0.25) is 0 Å². The molecule has 1 saturated carbocycles. The van der Waals surface area contributed by atoms with Gasteiger partial charge in [-0.05, 0) is 25.3 Å². The molecule has 0 aliphatic heterocycles. The molecule has 0 aromatic carbocycles. The van der Waals surface area contributed by atoms with Gasteiger partial charge in [-0.3, -0.25) is 9.78 Å². The highest BCUT2D eigenvalue weighted by Gasteiger charge is 2.27. The lowest BCUT2D eigenvalue weighted by atomic mass is 10.0. The Morgan fingerprint density at radius 2 is 2.38 bits per heavy atom. The molecule has 1 aromatic heterocycles. The van der Waals surface area contributed by atoms with E-state index in [4.69, 9.17) is 5.73 Å². The summed E-state index contributed by atoms with van der Waals surface area (Å²) in [4.78, 5) is 19.6. The normalized spacial score (nSPS) is 24.3.